The molecular formula is C18H23N3OS. The van der Waals surface area contributed by atoms with E-state index >= 15 is 0 Å². The quantitative estimate of drug-likeness (QED) is 0.916. The number of nitrogens with zero attached hydrogens (tertiary/aromatic N) is 2. The van der Waals surface area contributed by atoms with Crippen LogP contribution >= 0.6 is 11.3 Å². The summed E-state index contributed by atoms with van der Waals surface area (Å²) in [5.74, 6) is 0.879. The van der Waals surface area contributed by atoms with E-state index in [2.05, 4.69) is 10.3 Å². The van der Waals surface area contributed by atoms with Crippen LogP contribution in [0.2, 0.25) is 0 Å². The molecule has 2 heterocycles. The zero-order valence-corrected chi connectivity index (χ0v) is 14.3. The topological polar surface area (TPSA) is 45.2 Å². The van der Waals surface area contributed by atoms with Gasteiger partial charge in [0.25, 0.3) is 5.91 Å². The Kier molecular flexibility index (Phi) is 5.41. The predicted molar refractivity (Wildman–Crippen MR) is 94.7 cm³/mol. The number of carbonyl (C=O) groups is 1. The maximum Gasteiger partial charge on any atom is 0.265 e. The van der Waals surface area contributed by atoms with Crippen LogP contribution in [0.5, 0.6) is 0 Å². The normalized spacial score (nSPS) is 15.8. The van der Waals surface area contributed by atoms with Gasteiger partial charge in [-0.1, -0.05) is 30.3 Å². The molecule has 0 spiro atoms. The Morgan fingerprint density at radius 1 is 1.30 bits per heavy atom. The van der Waals surface area contributed by atoms with Gasteiger partial charge in [0.2, 0.25) is 0 Å². The molecule has 4 nitrogen and oxygen atoms in total. The van der Waals surface area contributed by atoms with Crippen LogP contribution in [0, 0.1) is 5.92 Å². The molecule has 1 aliphatic rings. The molecular weight excluding hydrogens is 306 g/mol. The third-order valence-corrected chi connectivity index (χ3v) is 5.48. The van der Waals surface area contributed by atoms with Crippen LogP contribution in [0.4, 0.5) is 0 Å². The summed E-state index contributed by atoms with van der Waals surface area (Å²) in [6.45, 7) is 2.80. The minimum Gasteiger partial charge on any atom is -0.338 e. The maximum atomic E-state index is 12.6. The number of nitrogens with one attached hydrogen (secondary N) is 1. The van der Waals surface area contributed by atoms with Crippen molar-refractivity contribution >= 4 is 17.2 Å². The molecule has 1 aromatic heterocycles. The number of carbonyl (C=O) groups excluding carboxylic acids is 1. The van der Waals surface area contributed by atoms with Crippen LogP contribution in [0.15, 0.2) is 36.5 Å². The highest BCUT2D eigenvalue weighted by Crippen LogP contribution is 2.27. The van der Waals surface area contributed by atoms with Crippen molar-refractivity contribution in [2.75, 3.05) is 26.7 Å². The van der Waals surface area contributed by atoms with Gasteiger partial charge in [0.05, 0.1) is 6.20 Å². The van der Waals surface area contributed by atoms with E-state index in [9.17, 15) is 4.79 Å². The summed E-state index contributed by atoms with van der Waals surface area (Å²) in [6.07, 6.45) is 5.15. The molecule has 1 amide bonds. The van der Waals surface area contributed by atoms with Gasteiger partial charge < -0.3 is 10.2 Å². The number of benzene rings is 1. The van der Waals surface area contributed by atoms with Crippen molar-refractivity contribution in [1.82, 2.24) is 15.2 Å². The number of likely N-dealkylation sites (tertiary alicyclic amines) is 1. The van der Waals surface area contributed by atoms with Crippen LogP contribution in [0.3, 0.4) is 0 Å². The van der Waals surface area contributed by atoms with Crippen molar-refractivity contribution in [2.24, 2.45) is 5.92 Å². The van der Waals surface area contributed by atoms with Gasteiger partial charge in [-0.15, -0.1) is 11.3 Å². The summed E-state index contributed by atoms with van der Waals surface area (Å²) >= 11 is 1.49. The summed E-state index contributed by atoms with van der Waals surface area (Å²) in [6, 6.07) is 10.0. The van der Waals surface area contributed by atoms with Crippen LogP contribution in [-0.2, 0) is 0 Å². The van der Waals surface area contributed by atoms with Gasteiger partial charge in [-0.25, -0.2) is 4.98 Å². The van der Waals surface area contributed by atoms with Crippen molar-refractivity contribution in [3.63, 3.8) is 0 Å². The first-order valence-corrected chi connectivity index (χ1v) is 9.04. The van der Waals surface area contributed by atoms with E-state index in [4.69, 9.17) is 0 Å². The Hall–Kier alpha value is -1.72. The third-order valence-electron chi connectivity index (χ3n) is 4.44. The van der Waals surface area contributed by atoms with Crippen LogP contribution in [-0.4, -0.2) is 42.5 Å². The molecule has 0 radical (unpaired) electrons. The Balaban J connectivity index is 1.60. The van der Waals surface area contributed by atoms with Crippen LogP contribution in [0.1, 0.15) is 28.9 Å². The average Bonchev–Trinajstić information content (AvgIpc) is 3.11. The SMILES string of the molecule is CNCCC1CCN(C(=O)c2cnc(-c3ccccc3)s2)CC1. The zero-order valence-electron chi connectivity index (χ0n) is 13.5. The lowest BCUT2D eigenvalue weighted by Gasteiger charge is -2.31. The molecule has 1 fully saturated rings. The minimum atomic E-state index is 0.136. The lowest BCUT2D eigenvalue weighted by atomic mass is 9.93. The molecule has 2 aromatic rings. The molecule has 1 saturated heterocycles. The Morgan fingerprint density at radius 2 is 2.04 bits per heavy atom. The Morgan fingerprint density at radius 3 is 2.74 bits per heavy atom. The van der Waals surface area contributed by atoms with E-state index in [0.29, 0.717) is 0 Å². The van der Waals surface area contributed by atoms with Gasteiger partial charge in [0.15, 0.2) is 0 Å². The highest BCUT2D eigenvalue weighted by atomic mass is 32.1. The van der Waals surface area contributed by atoms with Gasteiger partial charge in [0.1, 0.15) is 9.88 Å². The maximum absolute atomic E-state index is 12.6. The first-order valence-electron chi connectivity index (χ1n) is 8.23. The van der Waals surface area contributed by atoms with Crippen molar-refractivity contribution < 1.29 is 4.79 Å². The van der Waals surface area contributed by atoms with Crippen LogP contribution in [0.25, 0.3) is 10.6 Å². The van der Waals surface area contributed by atoms with E-state index in [-0.39, 0.29) is 5.91 Å². The minimum absolute atomic E-state index is 0.136. The fourth-order valence-corrected chi connectivity index (χ4v) is 3.91. The third kappa shape index (κ3) is 3.98. The first kappa shape index (κ1) is 16.1. The Labute approximate surface area is 141 Å². The lowest BCUT2D eigenvalue weighted by molar-refractivity contribution is 0.0692. The Bertz CT molecular complexity index is 633. The van der Waals surface area contributed by atoms with E-state index in [0.717, 1.165) is 53.8 Å². The van der Waals surface area contributed by atoms with Crippen LogP contribution < -0.4 is 5.32 Å². The summed E-state index contributed by atoms with van der Waals surface area (Å²) in [5.41, 5.74) is 1.07. The second kappa shape index (κ2) is 7.70. The zero-order chi connectivity index (χ0) is 16.1. The molecule has 122 valence electrons. The summed E-state index contributed by atoms with van der Waals surface area (Å²) in [4.78, 5) is 19.8. The molecule has 0 bridgehead atoms. The van der Waals surface area contributed by atoms with Gasteiger partial charge in [-0.3, -0.25) is 4.79 Å². The fraction of sp³-hybridized carbons (Fsp3) is 0.444. The number of amides is 1. The van der Waals surface area contributed by atoms with Crippen molar-refractivity contribution in [3.05, 3.63) is 41.4 Å². The number of aromatic nitrogens is 1. The molecule has 0 aliphatic carbocycles. The van der Waals surface area contributed by atoms with Gasteiger partial charge in [-0.05, 0) is 38.8 Å². The van der Waals surface area contributed by atoms with E-state index in [1.807, 2.05) is 42.3 Å². The molecule has 5 heteroatoms. The number of rotatable bonds is 5. The second-order valence-electron chi connectivity index (χ2n) is 6.02. The second-order valence-corrected chi connectivity index (χ2v) is 7.05. The van der Waals surface area contributed by atoms with Gasteiger partial charge >= 0.3 is 0 Å². The highest BCUT2D eigenvalue weighted by molar-refractivity contribution is 7.16. The van der Waals surface area contributed by atoms with Crippen molar-refractivity contribution in [2.45, 2.75) is 19.3 Å². The predicted octanol–water partition coefficient (Wildman–Crippen LogP) is 3.27. The van der Waals surface area contributed by atoms with E-state index < -0.39 is 0 Å². The number of hydrogen-bond acceptors (Lipinski definition) is 4. The fourth-order valence-electron chi connectivity index (χ4n) is 3.02. The van der Waals surface area contributed by atoms with Crippen molar-refractivity contribution in [1.29, 1.82) is 0 Å². The lowest BCUT2D eigenvalue weighted by Crippen LogP contribution is -2.38. The molecule has 1 N–H and O–H groups in total. The largest absolute Gasteiger partial charge is 0.338 e. The molecule has 1 aliphatic heterocycles. The van der Waals surface area contributed by atoms with E-state index in [1.165, 1.54) is 17.8 Å². The van der Waals surface area contributed by atoms with E-state index in [1.54, 1.807) is 6.20 Å². The number of piperidine rings is 1. The first-order chi connectivity index (χ1) is 11.3. The van der Waals surface area contributed by atoms with Gasteiger partial charge in [-0.2, -0.15) is 0 Å². The van der Waals surface area contributed by atoms with Crippen molar-refractivity contribution in [3.8, 4) is 10.6 Å². The summed E-state index contributed by atoms with van der Waals surface area (Å²) < 4.78 is 0. The molecule has 3 rings (SSSR count). The number of hydrogen-bond donors (Lipinski definition) is 1. The molecule has 0 atom stereocenters. The molecule has 23 heavy (non-hydrogen) atoms. The number of thiazole rings is 1. The standard InChI is InChI=1S/C18H23N3OS/c1-19-10-7-14-8-11-21(12-9-14)18(22)16-13-20-17(23-16)15-5-3-2-4-6-15/h2-6,13-14,19H,7-12H2,1H3. The monoisotopic (exact) mass is 329 g/mol. The molecule has 1 aromatic carbocycles. The highest BCUT2D eigenvalue weighted by Gasteiger charge is 2.24. The smallest absolute Gasteiger partial charge is 0.265 e. The van der Waals surface area contributed by atoms with Gasteiger partial charge in [0, 0.05) is 18.7 Å². The molecule has 0 saturated carbocycles. The average molecular weight is 329 g/mol. The summed E-state index contributed by atoms with van der Waals surface area (Å²) in [5, 5.41) is 4.12. The molecule has 0 unspecified atom stereocenters. The summed E-state index contributed by atoms with van der Waals surface area (Å²) in [7, 11) is 1.99.